The number of alkyl halides is 3. The predicted octanol–water partition coefficient (Wildman–Crippen LogP) is 8.27. The summed E-state index contributed by atoms with van der Waals surface area (Å²) in [6.45, 7) is 2.10. The smallest absolute Gasteiger partial charge is 0.406 e. The lowest BCUT2D eigenvalue weighted by atomic mass is 9.79. The van der Waals surface area contributed by atoms with Crippen LogP contribution in [0.3, 0.4) is 0 Å². The second kappa shape index (κ2) is 11.2. The number of ether oxygens (including phenoxy) is 1. The number of rotatable bonds is 6. The average Bonchev–Trinajstić information content (AvgIpc) is 2.82. The molecule has 0 aliphatic heterocycles. The van der Waals surface area contributed by atoms with Crippen molar-refractivity contribution < 1.29 is 26.7 Å². The van der Waals surface area contributed by atoms with Crippen LogP contribution in [0.4, 0.5) is 22.0 Å². The number of fused-ring (bicyclic) bond motifs is 1. The van der Waals surface area contributed by atoms with Crippen molar-refractivity contribution in [1.82, 2.24) is 0 Å². The molecule has 0 amide bonds. The van der Waals surface area contributed by atoms with Gasteiger partial charge in [0.1, 0.15) is 17.4 Å². The number of aryl methyl sites for hydroxylation is 2. The highest BCUT2D eigenvalue weighted by Crippen LogP contribution is 2.36. The normalized spacial score (nSPS) is 15.1. The summed E-state index contributed by atoms with van der Waals surface area (Å²) in [6, 6.07) is 14.1. The van der Waals surface area contributed by atoms with E-state index in [2.05, 4.69) is 23.5 Å². The van der Waals surface area contributed by atoms with E-state index < -0.39 is 18.0 Å². The van der Waals surface area contributed by atoms with Crippen molar-refractivity contribution in [2.45, 2.75) is 64.1 Å². The van der Waals surface area contributed by atoms with E-state index in [4.69, 9.17) is 0 Å². The molecule has 6 heteroatoms. The van der Waals surface area contributed by atoms with Gasteiger partial charge >= 0.3 is 6.36 Å². The van der Waals surface area contributed by atoms with E-state index >= 15 is 0 Å². The van der Waals surface area contributed by atoms with Crippen molar-refractivity contribution in [1.29, 1.82) is 0 Å². The molecule has 4 rings (SSSR count). The number of benzene rings is 3. The van der Waals surface area contributed by atoms with E-state index in [-0.39, 0.29) is 17.2 Å². The Morgan fingerprint density at radius 3 is 2.19 bits per heavy atom. The lowest BCUT2D eigenvalue weighted by Gasteiger charge is -2.26. The SMILES string of the molecule is CCCCCc1cc(F)c(C2CCc3cc(C#Cc4ccc(OC(F)(F)F)cc4)ccc3C2)c(F)c1. The number of unbranched alkanes of at least 4 members (excludes halogenated alkanes) is 2. The van der Waals surface area contributed by atoms with Crippen LogP contribution in [0, 0.1) is 23.5 Å². The third-order valence-electron chi connectivity index (χ3n) is 6.49. The van der Waals surface area contributed by atoms with E-state index in [1.165, 1.54) is 36.4 Å². The van der Waals surface area contributed by atoms with Crippen LogP contribution in [0.5, 0.6) is 5.75 Å². The summed E-state index contributed by atoms with van der Waals surface area (Å²) in [5.74, 6) is 4.56. The first-order chi connectivity index (χ1) is 17.2. The monoisotopic (exact) mass is 498 g/mol. The van der Waals surface area contributed by atoms with Gasteiger partial charge in [-0.05, 0) is 103 Å². The highest BCUT2D eigenvalue weighted by Gasteiger charge is 2.31. The molecular formula is C30H27F5O. The molecule has 0 fully saturated rings. The third kappa shape index (κ3) is 6.66. The first kappa shape index (κ1) is 25.8. The maximum Gasteiger partial charge on any atom is 0.573 e. The maximum absolute atomic E-state index is 14.9. The molecule has 1 nitrogen and oxygen atoms in total. The van der Waals surface area contributed by atoms with Gasteiger partial charge in [-0.1, -0.05) is 37.7 Å². The molecule has 0 saturated heterocycles. The van der Waals surface area contributed by atoms with Crippen LogP contribution in [0.2, 0.25) is 0 Å². The van der Waals surface area contributed by atoms with E-state index in [0.29, 0.717) is 36.8 Å². The summed E-state index contributed by atoms with van der Waals surface area (Å²) in [5, 5.41) is 0. The van der Waals surface area contributed by atoms with Gasteiger partial charge in [0, 0.05) is 16.7 Å². The first-order valence-electron chi connectivity index (χ1n) is 12.2. The minimum absolute atomic E-state index is 0.182. The molecule has 1 atom stereocenters. The Kier molecular flexibility index (Phi) is 7.98. The Balaban J connectivity index is 1.44. The Morgan fingerprint density at radius 2 is 1.53 bits per heavy atom. The molecular weight excluding hydrogens is 471 g/mol. The fraction of sp³-hybridized carbons (Fsp3) is 0.333. The largest absolute Gasteiger partial charge is 0.573 e. The summed E-state index contributed by atoms with van der Waals surface area (Å²) < 4.78 is 70.5. The molecule has 0 saturated carbocycles. The lowest BCUT2D eigenvalue weighted by Crippen LogP contribution is -2.16. The molecule has 1 aliphatic carbocycles. The van der Waals surface area contributed by atoms with Crippen molar-refractivity contribution in [3.8, 4) is 17.6 Å². The molecule has 0 spiro atoms. The Morgan fingerprint density at radius 1 is 0.861 bits per heavy atom. The number of halogens is 5. The van der Waals surface area contributed by atoms with Crippen molar-refractivity contribution in [3.63, 3.8) is 0 Å². The van der Waals surface area contributed by atoms with Gasteiger partial charge in [-0.15, -0.1) is 13.2 Å². The Hall–Kier alpha value is -3.33. The molecule has 3 aromatic carbocycles. The molecule has 0 heterocycles. The minimum Gasteiger partial charge on any atom is -0.406 e. The summed E-state index contributed by atoms with van der Waals surface area (Å²) in [4.78, 5) is 0. The van der Waals surface area contributed by atoms with Gasteiger partial charge in [0.2, 0.25) is 0 Å². The van der Waals surface area contributed by atoms with Crippen molar-refractivity contribution in [2.24, 2.45) is 0 Å². The summed E-state index contributed by atoms with van der Waals surface area (Å²) in [5.41, 5.74) is 4.38. The number of hydrogen-bond acceptors (Lipinski definition) is 1. The van der Waals surface area contributed by atoms with Gasteiger partial charge in [0.05, 0.1) is 0 Å². The van der Waals surface area contributed by atoms with E-state index in [1.807, 2.05) is 18.2 Å². The molecule has 188 valence electrons. The maximum atomic E-state index is 14.9. The highest BCUT2D eigenvalue weighted by molar-refractivity contribution is 5.48. The van der Waals surface area contributed by atoms with Gasteiger partial charge in [-0.3, -0.25) is 0 Å². The molecule has 0 N–H and O–H groups in total. The zero-order valence-electron chi connectivity index (χ0n) is 20.0. The first-order valence-corrected chi connectivity index (χ1v) is 12.2. The average molecular weight is 499 g/mol. The predicted molar refractivity (Wildman–Crippen MR) is 130 cm³/mol. The quantitative estimate of drug-likeness (QED) is 0.189. The summed E-state index contributed by atoms with van der Waals surface area (Å²) >= 11 is 0. The van der Waals surface area contributed by atoms with Crippen LogP contribution >= 0.6 is 0 Å². The Bertz CT molecular complexity index is 1240. The van der Waals surface area contributed by atoms with Crippen LogP contribution in [-0.2, 0) is 19.3 Å². The van der Waals surface area contributed by atoms with Crippen LogP contribution < -0.4 is 4.74 Å². The highest BCUT2D eigenvalue weighted by atomic mass is 19.4. The van der Waals surface area contributed by atoms with Crippen LogP contribution in [-0.4, -0.2) is 6.36 Å². The van der Waals surface area contributed by atoms with Gasteiger partial charge in [-0.25, -0.2) is 8.78 Å². The molecule has 0 aromatic heterocycles. The van der Waals surface area contributed by atoms with Gasteiger partial charge in [-0.2, -0.15) is 0 Å². The number of hydrogen-bond donors (Lipinski definition) is 0. The van der Waals surface area contributed by atoms with Crippen molar-refractivity contribution in [3.05, 3.63) is 99.6 Å². The second-order valence-corrected chi connectivity index (χ2v) is 9.18. The molecule has 0 radical (unpaired) electrons. The van der Waals surface area contributed by atoms with E-state index in [1.54, 1.807) is 0 Å². The van der Waals surface area contributed by atoms with Crippen LogP contribution in [0.1, 0.15) is 71.9 Å². The zero-order valence-corrected chi connectivity index (χ0v) is 20.0. The van der Waals surface area contributed by atoms with E-state index in [9.17, 15) is 22.0 Å². The second-order valence-electron chi connectivity index (χ2n) is 9.18. The van der Waals surface area contributed by atoms with E-state index in [0.717, 1.165) is 36.0 Å². The summed E-state index contributed by atoms with van der Waals surface area (Å²) in [7, 11) is 0. The van der Waals surface area contributed by atoms with Crippen molar-refractivity contribution in [2.75, 3.05) is 0 Å². The fourth-order valence-corrected chi connectivity index (χ4v) is 4.71. The lowest BCUT2D eigenvalue weighted by molar-refractivity contribution is -0.274. The van der Waals surface area contributed by atoms with Crippen LogP contribution in [0.25, 0.3) is 0 Å². The van der Waals surface area contributed by atoms with Crippen molar-refractivity contribution >= 4 is 0 Å². The summed E-state index contributed by atoms with van der Waals surface area (Å²) in [6.07, 6.45) is 0.881. The molecule has 36 heavy (non-hydrogen) atoms. The minimum atomic E-state index is -4.73. The topological polar surface area (TPSA) is 9.23 Å². The van der Waals surface area contributed by atoms with Gasteiger partial charge < -0.3 is 4.74 Å². The molecule has 1 aliphatic rings. The Labute approximate surface area is 208 Å². The standard InChI is InChI=1S/C30H27F5O/c1-2-3-4-5-22-17-27(31)29(28(32)18-22)25-13-12-23-16-21(8-11-24(23)19-25)7-6-20-9-14-26(15-10-20)36-30(33,34)35/h8-11,14-18,25H,2-5,12-13,19H2,1H3. The zero-order chi connectivity index (χ0) is 25.7. The third-order valence-corrected chi connectivity index (χ3v) is 6.49. The van der Waals surface area contributed by atoms with Crippen LogP contribution in [0.15, 0.2) is 54.6 Å². The molecule has 1 unspecified atom stereocenters. The van der Waals surface area contributed by atoms with Gasteiger partial charge in [0.25, 0.3) is 0 Å². The van der Waals surface area contributed by atoms with Gasteiger partial charge in [0.15, 0.2) is 0 Å². The fourth-order valence-electron chi connectivity index (χ4n) is 4.71. The molecule has 3 aromatic rings. The molecule has 0 bridgehead atoms.